The molecule has 2 N–H and O–H groups in total. The predicted molar refractivity (Wildman–Crippen MR) is 100 cm³/mol. The largest absolute Gasteiger partial charge is 0.317 e. The van der Waals surface area contributed by atoms with Crippen molar-refractivity contribution in [2.45, 2.75) is 5.16 Å². The highest BCUT2D eigenvalue weighted by atomic mass is 79.9. The summed E-state index contributed by atoms with van der Waals surface area (Å²) >= 11 is 4.88. The van der Waals surface area contributed by atoms with E-state index in [1.54, 1.807) is 6.21 Å². The number of benzene rings is 2. The fourth-order valence-electron chi connectivity index (χ4n) is 2.23. The van der Waals surface area contributed by atoms with Gasteiger partial charge in [-0.1, -0.05) is 46.3 Å². The molecule has 0 spiro atoms. The number of hydrogen-bond acceptors (Lipinski definition) is 3. The molecule has 122 valence electrons. The van der Waals surface area contributed by atoms with E-state index >= 15 is 0 Å². The Labute approximate surface area is 152 Å². The Balaban J connectivity index is 1.57. The number of imidazole rings is 1. The number of nitrogens with one attached hydrogen (secondary N) is 2. The van der Waals surface area contributed by atoms with Crippen LogP contribution in [-0.2, 0) is 11.8 Å². The van der Waals surface area contributed by atoms with Crippen molar-refractivity contribution in [3.63, 3.8) is 0 Å². The highest BCUT2D eigenvalue weighted by Gasteiger charge is 2.16. The Kier molecular flexibility index (Phi) is 5.32. The number of nitrogens with zero attached hydrogens (tertiary/aromatic N) is 2. The van der Waals surface area contributed by atoms with Gasteiger partial charge in [0.2, 0.25) is 0 Å². The Morgan fingerprint density at radius 2 is 2.04 bits per heavy atom. The number of hydrogen-bond donors (Lipinski definition) is 2. The van der Waals surface area contributed by atoms with Crippen LogP contribution in [0.3, 0.4) is 0 Å². The third kappa shape index (κ3) is 3.85. The lowest BCUT2D eigenvalue weighted by Gasteiger charge is -1.99. The van der Waals surface area contributed by atoms with Crippen LogP contribution in [0.15, 0.2) is 63.3 Å². The quantitative estimate of drug-likeness (QED) is 0.297. The monoisotopic (exact) mass is 403 g/mol. The Morgan fingerprint density at radius 1 is 1.29 bits per heavy atom. The van der Waals surface area contributed by atoms with E-state index in [4.69, 9.17) is 0 Å². The molecule has 0 unspecified atom stereocenters. The molecule has 1 aromatic heterocycles. The molecule has 2 aromatic carbocycles. The first-order chi connectivity index (χ1) is 11.6. The normalized spacial score (nSPS) is 11.2. The SMILES string of the molecule is C[n+]1c(SCC(=O)NN=Cc2ccccc2Br)[nH]c2ccccc21. The zero-order valence-electron chi connectivity index (χ0n) is 13.0. The van der Waals surface area contributed by atoms with Gasteiger partial charge < -0.3 is 0 Å². The van der Waals surface area contributed by atoms with Crippen LogP contribution >= 0.6 is 27.7 Å². The van der Waals surface area contributed by atoms with E-state index in [0.717, 1.165) is 26.2 Å². The molecule has 24 heavy (non-hydrogen) atoms. The van der Waals surface area contributed by atoms with Gasteiger partial charge in [-0.25, -0.2) is 15.0 Å². The van der Waals surface area contributed by atoms with Crippen molar-refractivity contribution in [2.24, 2.45) is 12.1 Å². The maximum Gasteiger partial charge on any atom is 0.317 e. The molecule has 1 amide bonds. The molecule has 7 heteroatoms. The van der Waals surface area contributed by atoms with Gasteiger partial charge in [-0.15, -0.1) is 0 Å². The molecule has 0 bridgehead atoms. The summed E-state index contributed by atoms with van der Waals surface area (Å²) in [5.41, 5.74) is 5.61. The van der Waals surface area contributed by atoms with Crippen LogP contribution in [0.1, 0.15) is 5.56 Å². The van der Waals surface area contributed by atoms with Gasteiger partial charge >= 0.3 is 5.16 Å². The topological polar surface area (TPSA) is 61.1 Å². The van der Waals surface area contributed by atoms with Gasteiger partial charge in [0.15, 0.2) is 11.0 Å². The van der Waals surface area contributed by atoms with E-state index in [0.29, 0.717) is 0 Å². The molecule has 0 saturated heterocycles. The number of thioether (sulfide) groups is 1. The standard InChI is InChI=1S/C17H15BrN4OS/c1-22-15-9-5-4-8-14(15)20-17(22)24-11-16(23)21-19-10-12-6-2-3-7-13(12)18/h2-10H,11H2,1H3,(H,21,23)/p+1. The smallest absolute Gasteiger partial charge is 0.272 e. The van der Waals surface area contributed by atoms with Crippen molar-refractivity contribution in [1.82, 2.24) is 10.4 Å². The lowest BCUT2D eigenvalue weighted by Crippen LogP contribution is -2.30. The summed E-state index contributed by atoms with van der Waals surface area (Å²) in [5, 5.41) is 4.93. The first kappa shape index (κ1) is 16.7. The van der Waals surface area contributed by atoms with Gasteiger partial charge in [0.05, 0.1) is 19.0 Å². The first-order valence-corrected chi connectivity index (χ1v) is 9.09. The maximum absolute atomic E-state index is 11.9. The van der Waals surface area contributed by atoms with Crippen LogP contribution in [-0.4, -0.2) is 22.9 Å². The van der Waals surface area contributed by atoms with Crippen molar-refractivity contribution in [2.75, 3.05) is 5.75 Å². The van der Waals surface area contributed by atoms with Gasteiger partial charge in [0.25, 0.3) is 5.91 Å². The van der Waals surface area contributed by atoms with E-state index in [9.17, 15) is 4.79 Å². The van der Waals surface area contributed by atoms with E-state index in [1.165, 1.54) is 11.8 Å². The van der Waals surface area contributed by atoms with Crippen LogP contribution in [0.4, 0.5) is 0 Å². The summed E-state index contributed by atoms with van der Waals surface area (Å²) in [4.78, 5) is 15.2. The lowest BCUT2D eigenvalue weighted by molar-refractivity contribution is -0.683. The maximum atomic E-state index is 11.9. The third-order valence-electron chi connectivity index (χ3n) is 3.45. The van der Waals surface area contributed by atoms with Crippen molar-refractivity contribution < 1.29 is 9.36 Å². The summed E-state index contributed by atoms with van der Waals surface area (Å²) in [6, 6.07) is 15.7. The number of aryl methyl sites for hydroxylation is 1. The Morgan fingerprint density at radius 3 is 2.83 bits per heavy atom. The number of para-hydroxylation sites is 2. The van der Waals surface area contributed by atoms with Crippen LogP contribution in [0.2, 0.25) is 0 Å². The number of hydrazone groups is 1. The minimum Gasteiger partial charge on any atom is -0.272 e. The molecule has 0 saturated carbocycles. The molecular formula is C17H16BrN4OS+. The highest BCUT2D eigenvalue weighted by Crippen LogP contribution is 2.16. The molecule has 3 aromatic rings. The van der Waals surface area contributed by atoms with Gasteiger partial charge in [-0.05, 0) is 30.0 Å². The minimum absolute atomic E-state index is 0.151. The van der Waals surface area contributed by atoms with Crippen LogP contribution in [0.25, 0.3) is 11.0 Å². The number of halogens is 1. The molecule has 5 nitrogen and oxygen atoms in total. The number of H-pyrrole nitrogens is 1. The molecule has 0 atom stereocenters. The molecule has 0 radical (unpaired) electrons. The average molecular weight is 404 g/mol. The van der Waals surface area contributed by atoms with Gasteiger partial charge in [0, 0.05) is 10.0 Å². The number of amides is 1. The molecule has 0 aliphatic rings. The van der Waals surface area contributed by atoms with Crippen molar-refractivity contribution in [3.8, 4) is 0 Å². The Hall–Kier alpha value is -2.12. The summed E-state index contributed by atoms with van der Waals surface area (Å²) in [5.74, 6) is 0.135. The molecule has 1 heterocycles. The van der Waals surface area contributed by atoms with Crippen molar-refractivity contribution in [1.29, 1.82) is 0 Å². The fourth-order valence-corrected chi connectivity index (χ4v) is 3.43. The average Bonchev–Trinajstić information content (AvgIpc) is 2.91. The van der Waals surface area contributed by atoms with Crippen LogP contribution in [0.5, 0.6) is 0 Å². The van der Waals surface area contributed by atoms with Crippen LogP contribution in [0, 0.1) is 0 Å². The molecule has 0 fully saturated rings. The third-order valence-corrected chi connectivity index (χ3v) is 5.23. The van der Waals surface area contributed by atoms with Gasteiger partial charge in [0.1, 0.15) is 0 Å². The molecule has 0 aliphatic carbocycles. The number of aromatic amines is 1. The molecule has 3 rings (SSSR count). The van der Waals surface area contributed by atoms with Gasteiger partial charge in [-0.2, -0.15) is 5.10 Å². The van der Waals surface area contributed by atoms with Crippen molar-refractivity contribution in [3.05, 3.63) is 58.6 Å². The van der Waals surface area contributed by atoms with Crippen molar-refractivity contribution >= 4 is 50.8 Å². The summed E-state index contributed by atoms with van der Waals surface area (Å²) in [7, 11) is 1.98. The molecule has 0 aliphatic heterocycles. The number of aromatic nitrogens is 2. The molecular weight excluding hydrogens is 388 g/mol. The number of fused-ring (bicyclic) bond motifs is 1. The fraction of sp³-hybridized carbons (Fsp3) is 0.118. The second kappa shape index (κ2) is 7.63. The van der Waals surface area contributed by atoms with E-state index in [-0.39, 0.29) is 11.7 Å². The zero-order chi connectivity index (χ0) is 16.9. The number of rotatable bonds is 5. The summed E-state index contributed by atoms with van der Waals surface area (Å²) in [6.45, 7) is 0. The first-order valence-electron chi connectivity index (χ1n) is 7.31. The zero-order valence-corrected chi connectivity index (χ0v) is 15.4. The minimum atomic E-state index is -0.151. The van der Waals surface area contributed by atoms with E-state index in [1.807, 2.05) is 60.1 Å². The van der Waals surface area contributed by atoms with E-state index in [2.05, 4.69) is 31.4 Å². The second-order valence-corrected chi connectivity index (χ2v) is 6.93. The van der Waals surface area contributed by atoms with Crippen LogP contribution < -0.4 is 9.99 Å². The Bertz CT molecular complexity index is 906. The number of carbonyl (C=O) groups is 1. The van der Waals surface area contributed by atoms with Gasteiger partial charge in [-0.3, -0.25) is 4.79 Å². The predicted octanol–water partition coefficient (Wildman–Crippen LogP) is 3.00. The summed E-state index contributed by atoms with van der Waals surface area (Å²) in [6.07, 6.45) is 1.62. The highest BCUT2D eigenvalue weighted by molar-refractivity contribution is 9.10. The lowest BCUT2D eigenvalue weighted by atomic mass is 10.2. The van der Waals surface area contributed by atoms with E-state index < -0.39 is 0 Å². The number of carbonyl (C=O) groups excluding carboxylic acids is 1. The second-order valence-electron chi connectivity index (χ2n) is 5.11. The summed E-state index contributed by atoms with van der Waals surface area (Å²) < 4.78 is 2.97.